The molecule has 1 aliphatic heterocycles. The fourth-order valence-corrected chi connectivity index (χ4v) is 3.52. The third-order valence-corrected chi connectivity index (χ3v) is 4.74. The number of hydrogen-bond donors (Lipinski definition) is 1. The van der Waals surface area contributed by atoms with E-state index in [0.29, 0.717) is 24.4 Å². The van der Waals surface area contributed by atoms with E-state index in [2.05, 4.69) is 5.10 Å². The van der Waals surface area contributed by atoms with Crippen LogP contribution in [0.25, 0.3) is 0 Å². The molecule has 2 aromatic rings. The normalized spacial score (nSPS) is 20.8. The smallest absolute Gasteiger partial charge is 0.272 e. The Bertz CT molecular complexity index is 756. The standard InChI is InChI=1S/C19H25N3O3/c1-14(2)22-16(9-11-20-22)18(23)21-12-6-10-19(24,13-21)15-7-4-5-8-17(15)25-3/h4-5,7-9,11,14,24H,6,10,12-13H2,1-3H3/t19-/m0/s1. The molecule has 1 aliphatic rings. The second-order valence-corrected chi connectivity index (χ2v) is 6.82. The number of piperidine rings is 1. The monoisotopic (exact) mass is 343 g/mol. The van der Waals surface area contributed by atoms with Crippen LogP contribution in [0.3, 0.4) is 0 Å². The summed E-state index contributed by atoms with van der Waals surface area (Å²) in [6.45, 7) is 4.85. The summed E-state index contributed by atoms with van der Waals surface area (Å²) in [6, 6.07) is 9.29. The first-order valence-electron chi connectivity index (χ1n) is 8.65. The van der Waals surface area contributed by atoms with Gasteiger partial charge in [0, 0.05) is 24.3 Å². The summed E-state index contributed by atoms with van der Waals surface area (Å²) in [5.74, 6) is 0.547. The van der Waals surface area contributed by atoms with Gasteiger partial charge in [-0.25, -0.2) is 0 Å². The van der Waals surface area contributed by atoms with Gasteiger partial charge in [-0.3, -0.25) is 9.48 Å². The summed E-state index contributed by atoms with van der Waals surface area (Å²) in [4.78, 5) is 14.7. The van der Waals surface area contributed by atoms with E-state index >= 15 is 0 Å². The van der Waals surface area contributed by atoms with E-state index < -0.39 is 5.60 Å². The number of benzene rings is 1. The highest BCUT2D eigenvalue weighted by atomic mass is 16.5. The molecule has 1 saturated heterocycles. The SMILES string of the molecule is COc1ccccc1[C@]1(O)CCCN(C(=O)c2ccnn2C(C)C)C1. The number of carbonyl (C=O) groups excluding carboxylic acids is 1. The van der Waals surface area contributed by atoms with Crippen LogP contribution >= 0.6 is 0 Å². The summed E-state index contributed by atoms with van der Waals surface area (Å²) in [6.07, 6.45) is 2.97. The number of methoxy groups -OCH3 is 1. The van der Waals surface area contributed by atoms with E-state index in [1.54, 1.807) is 29.0 Å². The van der Waals surface area contributed by atoms with Crippen LogP contribution in [0.15, 0.2) is 36.5 Å². The number of aromatic nitrogens is 2. The first kappa shape index (κ1) is 17.5. The van der Waals surface area contributed by atoms with Gasteiger partial charge in [0.1, 0.15) is 17.0 Å². The molecule has 1 aromatic heterocycles. The average molecular weight is 343 g/mol. The third-order valence-electron chi connectivity index (χ3n) is 4.74. The van der Waals surface area contributed by atoms with Crippen molar-refractivity contribution in [1.29, 1.82) is 0 Å². The topological polar surface area (TPSA) is 67.6 Å². The first-order chi connectivity index (χ1) is 12.0. The Labute approximate surface area is 148 Å². The van der Waals surface area contributed by atoms with E-state index in [4.69, 9.17) is 4.74 Å². The molecule has 1 atom stereocenters. The van der Waals surface area contributed by atoms with Crippen LogP contribution in [0.2, 0.25) is 0 Å². The Morgan fingerprint density at radius 2 is 2.08 bits per heavy atom. The predicted molar refractivity (Wildman–Crippen MR) is 94.6 cm³/mol. The van der Waals surface area contributed by atoms with Crippen molar-refractivity contribution >= 4 is 5.91 Å². The minimum atomic E-state index is -1.11. The van der Waals surface area contributed by atoms with Gasteiger partial charge < -0.3 is 14.7 Å². The first-order valence-corrected chi connectivity index (χ1v) is 8.65. The molecule has 3 rings (SSSR count). The minimum absolute atomic E-state index is 0.0979. The maximum absolute atomic E-state index is 13.0. The van der Waals surface area contributed by atoms with Gasteiger partial charge in [0.05, 0.1) is 13.7 Å². The molecule has 1 fully saturated rings. The van der Waals surface area contributed by atoms with Gasteiger partial charge in [0.25, 0.3) is 5.91 Å². The lowest BCUT2D eigenvalue weighted by Gasteiger charge is -2.40. The van der Waals surface area contributed by atoms with Crippen LogP contribution in [0, 0.1) is 0 Å². The van der Waals surface area contributed by atoms with Gasteiger partial charge in [0.2, 0.25) is 0 Å². The molecule has 6 heteroatoms. The molecule has 25 heavy (non-hydrogen) atoms. The fourth-order valence-electron chi connectivity index (χ4n) is 3.52. The molecule has 0 unspecified atom stereocenters. The Morgan fingerprint density at radius 3 is 2.80 bits per heavy atom. The third kappa shape index (κ3) is 3.26. The molecule has 0 spiro atoms. The highest BCUT2D eigenvalue weighted by Gasteiger charge is 2.39. The molecule has 0 aliphatic carbocycles. The molecule has 0 saturated carbocycles. The maximum atomic E-state index is 13.0. The van der Waals surface area contributed by atoms with Gasteiger partial charge >= 0.3 is 0 Å². The molecule has 6 nitrogen and oxygen atoms in total. The van der Waals surface area contributed by atoms with Crippen molar-refractivity contribution in [3.8, 4) is 5.75 Å². The van der Waals surface area contributed by atoms with Crippen LogP contribution in [0.1, 0.15) is 48.8 Å². The number of carbonyl (C=O) groups is 1. The number of ether oxygens (including phenoxy) is 1. The quantitative estimate of drug-likeness (QED) is 0.926. The van der Waals surface area contributed by atoms with Crippen molar-refractivity contribution in [2.24, 2.45) is 0 Å². The summed E-state index contributed by atoms with van der Waals surface area (Å²) in [7, 11) is 1.59. The predicted octanol–water partition coefficient (Wildman–Crippen LogP) is 2.60. The molecule has 0 radical (unpaired) electrons. The van der Waals surface area contributed by atoms with Gasteiger partial charge in [0.15, 0.2) is 0 Å². The second-order valence-electron chi connectivity index (χ2n) is 6.82. The van der Waals surface area contributed by atoms with Crippen molar-refractivity contribution in [2.45, 2.75) is 38.3 Å². The van der Waals surface area contributed by atoms with Gasteiger partial charge in [-0.15, -0.1) is 0 Å². The van der Waals surface area contributed by atoms with Gasteiger partial charge in [-0.05, 0) is 38.8 Å². The Kier molecular flexibility index (Phi) is 4.81. The average Bonchev–Trinajstić information content (AvgIpc) is 3.11. The molecule has 2 heterocycles. The number of aliphatic hydroxyl groups is 1. The van der Waals surface area contributed by atoms with Crippen LogP contribution in [-0.4, -0.2) is 45.9 Å². The van der Waals surface area contributed by atoms with Crippen LogP contribution in [-0.2, 0) is 5.60 Å². The van der Waals surface area contributed by atoms with E-state index in [-0.39, 0.29) is 18.5 Å². The minimum Gasteiger partial charge on any atom is -0.496 e. The highest BCUT2D eigenvalue weighted by molar-refractivity contribution is 5.92. The molecule has 134 valence electrons. The Morgan fingerprint density at radius 1 is 1.32 bits per heavy atom. The van der Waals surface area contributed by atoms with E-state index in [0.717, 1.165) is 12.0 Å². The molecular formula is C19H25N3O3. The molecule has 1 amide bonds. The summed E-state index contributed by atoms with van der Waals surface area (Å²) in [5.41, 5.74) is 0.176. The number of likely N-dealkylation sites (tertiary alicyclic amines) is 1. The lowest BCUT2D eigenvalue weighted by Crippen LogP contribution is -2.49. The zero-order valence-corrected chi connectivity index (χ0v) is 15.0. The van der Waals surface area contributed by atoms with Crippen molar-refractivity contribution in [1.82, 2.24) is 14.7 Å². The molecule has 1 N–H and O–H groups in total. The van der Waals surface area contributed by atoms with Crippen molar-refractivity contribution in [3.05, 3.63) is 47.8 Å². The summed E-state index contributed by atoms with van der Waals surface area (Å²) < 4.78 is 7.13. The van der Waals surface area contributed by atoms with Crippen LogP contribution in [0.5, 0.6) is 5.75 Å². The lowest BCUT2D eigenvalue weighted by molar-refractivity contribution is -0.0306. The summed E-state index contributed by atoms with van der Waals surface area (Å²) in [5, 5.41) is 15.5. The Balaban J connectivity index is 1.88. The van der Waals surface area contributed by atoms with Crippen LogP contribution < -0.4 is 4.74 Å². The largest absolute Gasteiger partial charge is 0.496 e. The lowest BCUT2D eigenvalue weighted by atomic mass is 9.85. The summed E-state index contributed by atoms with van der Waals surface area (Å²) >= 11 is 0. The Hall–Kier alpha value is -2.34. The van der Waals surface area contributed by atoms with Crippen molar-refractivity contribution in [2.75, 3.05) is 20.2 Å². The van der Waals surface area contributed by atoms with Crippen LogP contribution in [0.4, 0.5) is 0 Å². The zero-order chi connectivity index (χ0) is 18.0. The van der Waals surface area contributed by atoms with Gasteiger partial charge in [-0.2, -0.15) is 5.10 Å². The number of para-hydroxylation sites is 1. The van der Waals surface area contributed by atoms with E-state index in [1.165, 1.54) is 0 Å². The highest BCUT2D eigenvalue weighted by Crippen LogP contribution is 2.37. The molecular weight excluding hydrogens is 318 g/mol. The second kappa shape index (κ2) is 6.88. The number of β-amino-alcohol motifs (C(OH)–C–C–N with tert-alkyl or cyclic N) is 1. The fraction of sp³-hybridized carbons (Fsp3) is 0.474. The van der Waals surface area contributed by atoms with Crippen molar-refractivity contribution in [3.63, 3.8) is 0 Å². The van der Waals surface area contributed by atoms with E-state index in [1.807, 2.05) is 38.1 Å². The zero-order valence-electron chi connectivity index (χ0n) is 15.0. The van der Waals surface area contributed by atoms with Gasteiger partial charge in [-0.1, -0.05) is 18.2 Å². The number of hydrogen-bond acceptors (Lipinski definition) is 4. The number of amides is 1. The van der Waals surface area contributed by atoms with Crippen molar-refractivity contribution < 1.29 is 14.6 Å². The van der Waals surface area contributed by atoms with E-state index in [9.17, 15) is 9.90 Å². The number of nitrogens with zero attached hydrogens (tertiary/aromatic N) is 3. The number of rotatable bonds is 4. The molecule has 1 aromatic carbocycles. The maximum Gasteiger partial charge on any atom is 0.272 e. The molecule has 0 bridgehead atoms.